The molecule has 0 aromatic heterocycles. The summed E-state index contributed by atoms with van der Waals surface area (Å²) in [5.41, 5.74) is 1.34. The number of nitrogens with zero attached hydrogens (tertiary/aromatic N) is 1. The highest BCUT2D eigenvalue weighted by molar-refractivity contribution is 9.10. The Morgan fingerprint density at radius 3 is 2.70 bits per heavy atom. The Labute approximate surface area is 124 Å². The van der Waals surface area contributed by atoms with E-state index >= 15 is 0 Å². The van der Waals surface area contributed by atoms with Gasteiger partial charge in [-0.1, -0.05) is 6.07 Å². The number of rotatable bonds is 4. The Bertz CT molecular complexity index is 667. The molecule has 0 N–H and O–H groups in total. The van der Waals surface area contributed by atoms with Gasteiger partial charge in [-0.25, -0.2) is 4.39 Å². The van der Waals surface area contributed by atoms with Crippen molar-refractivity contribution in [3.63, 3.8) is 0 Å². The molecule has 20 heavy (non-hydrogen) atoms. The Morgan fingerprint density at radius 1 is 1.25 bits per heavy atom. The third-order valence-corrected chi connectivity index (χ3v) is 3.29. The predicted octanol–water partition coefficient (Wildman–Crippen LogP) is 4.05. The van der Waals surface area contributed by atoms with Gasteiger partial charge in [0.2, 0.25) is 0 Å². The fourth-order valence-corrected chi connectivity index (χ4v) is 2.01. The average molecular weight is 336 g/mol. The molecule has 0 aliphatic carbocycles. The number of methoxy groups -OCH3 is 1. The second-order valence-corrected chi connectivity index (χ2v) is 4.87. The van der Waals surface area contributed by atoms with Crippen molar-refractivity contribution in [3.8, 4) is 17.6 Å². The van der Waals surface area contributed by atoms with E-state index in [1.165, 1.54) is 13.2 Å². The highest BCUT2D eigenvalue weighted by Gasteiger charge is 2.05. The van der Waals surface area contributed by atoms with Crippen molar-refractivity contribution in [2.75, 3.05) is 7.11 Å². The van der Waals surface area contributed by atoms with Gasteiger partial charge in [0.1, 0.15) is 30.0 Å². The smallest absolute Gasteiger partial charge is 0.137 e. The lowest BCUT2D eigenvalue weighted by Gasteiger charge is -2.09. The zero-order valence-electron chi connectivity index (χ0n) is 10.7. The van der Waals surface area contributed by atoms with Crippen LogP contribution in [0.4, 0.5) is 4.39 Å². The molecular formula is C15H11BrFNO2. The molecule has 0 unspecified atom stereocenters. The summed E-state index contributed by atoms with van der Waals surface area (Å²) in [6.07, 6.45) is 0. The molecule has 0 fully saturated rings. The Kier molecular flexibility index (Phi) is 4.59. The second kappa shape index (κ2) is 6.40. The van der Waals surface area contributed by atoms with Gasteiger partial charge in [-0.3, -0.25) is 0 Å². The molecule has 0 saturated heterocycles. The first-order valence-corrected chi connectivity index (χ1v) is 6.58. The highest BCUT2D eigenvalue weighted by Crippen LogP contribution is 2.24. The number of halogens is 2. The molecule has 0 bridgehead atoms. The van der Waals surface area contributed by atoms with E-state index in [0.29, 0.717) is 28.1 Å². The van der Waals surface area contributed by atoms with E-state index in [1.54, 1.807) is 30.3 Å². The van der Waals surface area contributed by atoms with Crippen LogP contribution in [0.25, 0.3) is 0 Å². The molecule has 0 atom stereocenters. The third-order valence-electron chi connectivity index (χ3n) is 2.68. The summed E-state index contributed by atoms with van der Waals surface area (Å²) in [4.78, 5) is 0. The Hall–Kier alpha value is -2.06. The maximum Gasteiger partial charge on any atom is 0.137 e. The molecular weight excluding hydrogens is 325 g/mol. The minimum Gasteiger partial charge on any atom is -0.495 e. The van der Waals surface area contributed by atoms with Gasteiger partial charge in [-0.2, -0.15) is 5.26 Å². The number of nitriles is 1. The molecule has 2 rings (SSSR count). The molecule has 0 radical (unpaired) electrons. The standard InChI is InChI=1S/C15H11BrFNO2/c1-19-15-6-10(2-3-11(15)8-18)9-20-12-4-5-14(17)13(16)7-12/h2-7H,9H2,1H3. The van der Waals surface area contributed by atoms with E-state index in [-0.39, 0.29) is 5.82 Å². The molecule has 0 spiro atoms. The van der Waals surface area contributed by atoms with E-state index in [1.807, 2.05) is 6.07 Å². The summed E-state index contributed by atoms with van der Waals surface area (Å²) in [5.74, 6) is 0.730. The lowest BCUT2D eigenvalue weighted by Crippen LogP contribution is -1.97. The Balaban J connectivity index is 2.11. The SMILES string of the molecule is COc1cc(COc2ccc(F)c(Br)c2)ccc1C#N. The monoisotopic (exact) mass is 335 g/mol. The van der Waals surface area contributed by atoms with E-state index < -0.39 is 0 Å². The molecule has 0 amide bonds. The topological polar surface area (TPSA) is 42.2 Å². The zero-order valence-corrected chi connectivity index (χ0v) is 12.3. The van der Waals surface area contributed by atoms with Crippen LogP contribution in [-0.2, 0) is 6.61 Å². The van der Waals surface area contributed by atoms with Crippen LogP contribution in [-0.4, -0.2) is 7.11 Å². The van der Waals surface area contributed by atoms with Crippen LogP contribution in [0.1, 0.15) is 11.1 Å². The molecule has 2 aromatic carbocycles. The summed E-state index contributed by atoms with van der Waals surface area (Å²) in [6, 6.07) is 11.7. The van der Waals surface area contributed by atoms with Gasteiger partial charge < -0.3 is 9.47 Å². The first kappa shape index (κ1) is 14.4. The number of hydrogen-bond donors (Lipinski definition) is 0. The van der Waals surface area contributed by atoms with Crippen molar-refractivity contribution in [1.29, 1.82) is 5.26 Å². The zero-order chi connectivity index (χ0) is 14.5. The molecule has 2 aromatic rings. The molecule has 0 aliphatic heterocycles. The average Bonchev–Trinajstić information content (AvgIpc) is 2.48. The number of hydrogen-bond acceptors (Lipinski definition) is 3. The maximum atomic E-state index is 13.1. The van der Waals surface area contributed by atoms with Crippen molar-refractivity contribution < 1.29 is 13.9 Å². The summed E-state index contributed by atoms with van der Waals surface area (Å²) in [6.45, 7) is 0.306. The summed E-state index contributed by atoms with van der Waals surface area (Å²) in [7, 11) is 1.51. The predicted molar refractivity (Wildman–Crippen MR) is 76.1 cm³/mol. The van der Waals surface area contributed by atoms with E-state index in [0.717, 1.165) is 5.56 Å². The van der Waals surface area contributed by atoms with Gasteiger partial charge in [0.25, 0.3) is 0 Å². The minimum absolute atomic E-state index is 0.306. The van der Waals surface area contributed by atoms with Crippen molar-refractivity contribution in [3.05, 3.63) is 57.8 Å². The molecule has 5 heteroatoms. The molecule has 0 aliphatic rings. The molecule has 102 valence electrons. The fraction of sp³-hybridized carbons (Fsp3) is 0.133. The van der Waals surface area contributed by atoms with Crippen LogP contribution in [0.5, 0.6) is 11.5 Å². The van der Waals surface area contributed by atoms with E-state index in [9.17, 15) is 4.39 Å². The highest BCUT2D eigenvalue weighted by atomic mass is 79.9. The van der Waals surface area contributed by atoms with Crippen LogP contribution >= 0.6 is 15.9 Å². The summed E-state index contributed by atoms with van der Waals surface area (Å²) >= 11 is 3.10. The van der Waals surface area contributed by atoms with Gasteiger partial charge in [0, 0.05) is 0 Å². The van der Waals surface area contributed by atoms with Gasteiger partial charge >= 0.3 is 0 Å². The number of benzene rings is 2. The quantitative estimate of drug-likeness (QED) is 0.846. The lowest BCUT2D eigenvalue weighted by atomic mass is 10.1. The van der Waals surface area contributed by atoms with Crippen molar-refractivity contribution >= 4 is 15.9 Å². The summed E-state index contributed by atoms with van der Waals surface area (Å²) in [5, 5.41) is 8.90. The maximum absolute atomic E-state index is 13.1. The second-order valence-electron chi connectivity index (χ2n) is 4.01. The van der Waals surface area contributed by atoms with E-state index in [2.05, 4.69) is 15.9 Å². The minimum atomic E-state index is -0.336. The summed E-state index contributed by atoms with van der Waals surface area (Å²) < 4.78 is 24.1. The molecule has 3 nitrogen and oxygen atoms in total. The first-order chi connectivity index (χ1) is 9.63. The van der Waals surface area contributed by atoms with Gasteiger partial charge in [0.05, 0.1) is 17.1 Å². The first-order valence-electron chi connectivity index (χ1n) is 5.79. The molecule has 0 saturated carbocycles. The van der Waals surface area contributed by atoms with Gasteiger partial charge in [-0.05, 0) is 51.8 Å². The van der Waals surface area contributed by atoms with Crippen LogP contribution < -0.4 is 9.47 Å². The lowest BCUT2D eigenvalue weighted by molar-refractivity contribution is 0.304. The third kappa shape index (κ3) is 3.28. The molecule has 0 heterocycles. The normalized spacial score (nSPS) is 9.90. The van der Waals surface area contributed by atoms with Gasteiger partial charge in [-0.15, -0.1) is 0 Å². The van der Waals surface area contributed by atoms with Crippen molar-refractivity contribution in [2.45, 2.75) is 6.61 Å². The van der Waals surface area contributed by atoms with E-state index in [4.69, 9.17) is 14.7 Å². The Morgan fingerprint density at radius 2 is 2.05 bits per heavy atom. The van der Waals surface area contributed by atoms with Gasteiger partial charge in [0.15, 0.2) is 0 Å². The van der Waals surface area contributed by atoms with Crippen molar-refractivity contribution in [1.82, 2.24) is 0 Å². The van der Waals surface area contributed by atoms with Crippen LogP contribution in [0.2, 0.25) is 0 Å². The van der Waals surface area contributed by atoms with Crippen molar-refractivity contribution in [2.24, 2.45) is 0 Å². The largest absolute Gasteiger partial charge is 0.495 e. The van der Waals surface area contributed by atoms with Crippen LogP contribution in [0, 0.1) is 17.1 Å². The van der Waals surface area contributed by atoms with Crippen LogP contribution in [0.15, 0.2) is 40.9 Å². The number of ether oxygens (including phenoxy) is 2. The fourth-order valence-electron chi connectivity index (χ4n) is 1.65. The van der Waals surface area contributed by atoms with Crippen LogP contribution in [0.3, 0.4) is 0 Å².